The van der Waals surface area contributed by atoms with Gasteiger partial charge in [0.15, 0.2) is 0 Å². The summed E-state index contributed by atoms with van der Waals surface area (Å²) in [4.78, 5) is 4.00. The van der Waals surface area contributed by atoms with E-state index in [2.05, 4.69) is 18.8 Å². The van der Waals surface area contributed by atoms with E-state index in [1.54, 1.807) is 13.1 Å². The van der Waals surface area contributed by atoms with E-state index in [0.29, 0.717) is 11.3 Å². The molecule has 1 heterocycles. The van der Waals surface area contributed by atoms with Crippen LogP contribution in [0.2, 0.25) is 0 Å². The average molecular weight is 211 g/mol. The Morgan fingerprint density at radius 3 is 2.20 bits per heavy atom. The van der Waals surface area contributed by atoms with E-state index in [1.165, 1.54) is 6.42 Å². The Bertz CT molecular complexity index is 298. The highest BCUT2D eigenvalue weighted by atomic mass is 16.3. The predicted octanol–water partition coefficient (Wildman–Crippen LogP) is 2.57. The van der Waals surface area contributed by atoms with Crippen LogP contribution < -0.4 is 0 Å². The molecular formula is C12H21NO2. The molecule has 15 heavy (non-hydrogen) atoms. The minimum absolute atomic E-state index is 0.122. The number of aryl methyl sites for hydroxylation is 2. The van der Waals surface area contributed by atoms with Gasteiger partial charge in [0.25, 0.3) is 0 Å². The summed E-state index contributed by atoms with van der Waals surface area (Å²) in [5.74, 6) is 0.122. The molecule has 0 aliphatic carbocycles. The highest BCUT2D eigenvalue weighted by Crippen LogP contribution is 2.23. The second kappa shape index (κ2) is 7.23. The van der Waals surface area contributed by atoms with Crippen LogP contribution in [0, 0.1) is 6.92 Å². The van der Waals surface area contributed by atoms with Gasteiger partial charge in [0.2, 0.25) is 0 Å². The minimum Gasteiger partial charge on any atom is -0.506 e. The van der Waals surface area contributed by atoms with Crippen molar-refractivity contribution in [3.63, 3.8) is 0 Å². The first-order chi connectivity index (χ1) is 7.12. The van der Waals surface area contributed by atoms with Gasteiger partial charge in [0, 0.05) is 11.8 Å². The molecule has 0 spiro atoms. The molecule has 0 amide bonds. The third kappa shape index (κ3) is 3.88. The Hall–Kier alpha value is -1.09. The minimum atomic E-state index is -0.127. The molecule has 0 aromatic carbocycles. The average Bonchev–Trinajstić information content (AvgIpc) is 2.23. The van der Waals surface area contributed by atoms with Gasteiger partial charge >= 0.3 is 0 Å². The number of nitrogens with zero attached hydrogens (tertiary/aromatic N) is 1. The summed E-state index contributed by atoms with van der Waals surface area (Å²) in [6, 6.07) is 0. The maximum absolute atomic E-state index is 9.49. The molecule has 0 aliphatic rings. The van der Waals surface area contributed by atoms with E-state index in [1.807, 2.05) is 6.92 Å². The molecule has 0 saturated carbocycles. The van der Waals surface area contributed by atoms with E-state index >= 15 is 0 Å². The largest absolute Gasteiger partial charge is 0.506 e. The molecule has 1 aromatic rings. The van der Waals surface area contributed by atoms with Gasteiger partial charge in [-0.05, 0) is 18.9 Å². The first kappa shape index (κ1) is 13.9. The predicted molar refractivity (Wildman–Crippen MR) is 61.9 cm³/mol. The Morgan fingerprint density at radius 1 is 1.27 bits per heavy atom. The molecular weight excluding hydrogens is 190 g/mol. The van der Waals surface area contributed by atoms with Crippen molar-refractivity contribution in [2.24, 2.45) is 0 Å². The lowest BCUT2D eigenvalue weighted by Crippen LogP contribution is -1.97. The van der Waals surface area contributed by atoms with Crippen LogP contribution in [0.4, 0.5) is 0 Å². The van der Waals surface area contributed by atoms with Crippen molar-refractivity contribution in [3.05, 3.63) is 23.0 Å². The van der Waals surface area contributed by atoms with E-state index in [9.17, 15) is 5.11 Å². The fourth-order valence-corrected chi connectivity index (χ4v) is 1.17. The Morgan fingerprint density at radius 2 is 1.80 bits per heavy atom. The van der Waals surface area contributed by atoms with Crippen LogP contribution in [0.1, 0.15) is 44.0 Å². The van der Waals surface area contributed by atoms with Gasteiger partial charge in [0.1, 0.15) is 5.75 Å². The Kier molecular flexibility index (Phi) is 6.71. The van der Waals surface area contributed by atoms with Crippen molar-refractivity contribution in [2.45, 2.75) is 47.1 Å². The first-order valence-electron chi connectivity index (χ1n) is 5.39. The molecule has 3 nitrogen and oxygen atoms in total. The molecule has 0 atom stereocenters. The number of aromatic hydroxyl groups is 1. The van der Waals surface area contributed by atoms with Crippen LogP contribution in [-0.2, 0) is 13.0 Å². The van der Waals surface area contributed by atoms with Crippen LogP contribution >= 0.6 is 0 Å². The van der Waals surface area contributed by atoms with Crippen molar-refractivity contribution in [3.8, 4) is 5.75 Å². The molecule has 0 aliphatic heterocycles. The Labute approximate surface area is 91.8 Å². The zero-order valence-electron chi connectivity index (χ0n) is 10.0. The maximum atomic E-state index is 9.49. The molecule has 1 aromatic heterocycles. The van der Waals surface area contributed by atoms with Crippen LogP contribution in [0.3, 0.4) is 0 Å². The highest BCUT2D eigenvalue weighted by Gasteiger charge is 2.08. The van der Waals surface area contributed by atoms with Crippen molar-refractivity contribution in [2.75, 3.05) is 0 Å². The summed E-state index contributed by atoms with van der Waals surface area (Å²) in [7, 11) is 0. The van der Waals surface area contributed by atoms with Gasteiger partial charge in [-0.25, -0.2) is 0 Å². The van der Waals surface area contributed by atoms with E-state index in [0.717, 1.165) is 12.0 Å². The van der Waals surface area contributed by atoms with E-state index < -0.39 is 0 Å². The quantitative estimate of drug-likeness (QED) is 0.790. The number of hydrogen-bond acceptors (Lipinski definition) is 3. The zero-order chi connectivity index (χ0) is 11.8. The second-order valence-electron chi connectivity index (χ2n) is 3.41. The molecule has 3 heteroatoms. The monoisotopic (exact) mass is 211 g/mol. The summed E-state index contributed by atoms with van der Waals surface area (Å²) < 4.78 is 0. The van der Waals surface area contributed by atoms with Crippen LogP contribution in [0.25, 0.3) is 0 Å². The summed E-state index contributed by atoms with van der Waals surface area (Å²) in [5.41, 5.74) is 2.07. The van der Waals surface area contributed by atoms with Crippen molar-refractivity contribution < 1.29 is 10.2 Å². The molecule has 0 unspecified atom stereocenters. The number of aliphatic hydroxyl groups is 1. The third-order valence-electron chi connectivity index (χ3n) is 1.97. The molecule has 0 fully saturated rings. The third-order valence-corrected chi connectivity index (χ3v) is 1.97. The Balaban J connectivity index is 0.000000583. The number of aliphatic hydroxyl groups excluding tert-OH is 1. The van der Waals surface area contributed by atoms with Crippen molar-refractivity contribution in [1.82, 2.24) is 4.98 Å². The normalized spacial score (nSPS) is 9.40. The lowest BCUT2D eigenvalue weighted by Gasteiger charge is -2.08. The van der Waals surface area contributed by atoms with Crippen LogP contribution in [-0.4, -0.2) is 15.2 Å². The van der Waals surface area contributed by atoms with Gasteiger partial charge in [-0.1, -0.05) is 27.2 Å². The lowest BCUT2D eigenvalue weighted by molar-refractivity contribution is 0.273. The molecule has 2 N–H and O–H groups in total. The summed E-state index contributed by atoms with van der Waals surface area (Å²) in [6.07, 6.45) is 3.72. The van der Waals surface area contributed by atoms with Gasteiger partial charge < -0.3 is 10.2 Å². The molecule has 86 valence electrons. The maximum Gasteiger partial charge on any atom is 0.142 e. The first-order valence-corrected chi connectivity index (χ1v) is 5.39. The molecule has 0 radical (unpaired) electrons. The van der Waals surface area contributed by atoms with Gasteiger partial charge in [-0.2, -0.15) is 0 Å². The van der Waals surface area contributed by atoms with Crippen LogP contribution in [0.5, 0.6) is 5.75 Å². The van der Waals surface area contributed by atoms with Gasteiger partial charge in [0.05, 0.1) is 12.3 Å². The van der Waals surface area contributed by atoms with Gasteiger partial charge in [-0.15, -0.1) is 0 Å². The van der Waals surface area contributed by atoms with E-state index in [-0.39, 0.29) is 12.4 Å². The summed E-state index contributed by atoms with van der Waals surface area (Å²) in [6.45, 7) is 7.80. The SMILES string of the molecule is CCC.CCc1cnc(C)c(O)c1CO. The van der Waals surface area contributed by atoms with Gasteiger partial charge in [-0.3, -0.25) is 4.98 Å². The van der Waals surface area contributed by atoms with Crippen LogP contribution in [0.15, 0.2) is 6.20 Å². The molecule has 0 bridgehead atoms. The number of rotatable bonds is 2. The fourth-order valence-electron chi connectivity index (χ4n) is 1.17. The van der Waals surface area contributed by atoms with Crippen molar-refractivity contribution >= 4 is 0 Å². The zero-order valence-corrected chi connectivity index (χ0v) is 10.0. The summed E-state index contributed by atoms with van der Waals surface area (Å²) in [5, 5.41) is 18.5. The van der Waals surface area contributed by atoms with E-state index in [4.69, 9.17) is 5.11 Å². The fraction of sp³-hybridized carbons (Fsp3) is 0.583. The molecule has 1 rings (SSSR count). The number of aromatic nitrogens is 1. The second-order valence-corrected chi connectivity index (χ2v) is 3.41. The highest BCUT2D eigenvalue weighted by molar-refractivity contribution is 5.40. The number of pyridine rings is 1. The smallest absolute Gasteiger partial charge is 0.142 e. The number of hydrogen-bond donors (Lipinski definition) is 2. The standard InChI is InChI=1S/C9H13NO2.C3H8/c1-3-7-4-10-6(2)9(12)8(7)5-11;1-3-2/h4,11-12H,3,5H2,1-2H3;3H2,1-2H3. The lowest BCUT2D eigenvalue weighted by atomic mass is 10.1. The molecule has 0 saturated heterocycles. The summed E-state index contributed by atoms with van der Waals surface area (Å²) >= 11 is 0. The van der Waals surface area contributed by atoms with Crippen molar-refractivity contribution in [1.29, 1.82) is 0 Å². The topological polar surface area (TPSA) is 53.4 Å².